The second kappa shape index (κ2) is 5.72. The molecule has 0 spiro atoms. The van der Waals surface area contributed by atoms with E-state index in [1.165, 1.54) is 38.5 Å². The Bertz CT molecular complexity index is 472. The predicted octanol–water partition coefficient (Wildman–Crippen LogP) is 3.66. The molecule has 4 bridgehead atoms. The van der Waals surface area contributed by atoms with E-state index in [2.05, 4.69) is 39.8 Å². The molecule has 5 aliphatic rings. The smallest absolute Gasteiger partial charge is 0.223 e. The van der Waals surface area contributed by atoms with Crippen molar-refractivity contribution >= 4 is 21.8 Å². The molecule has 1 saturated heterocycles. The van der Waals surface area contributed by atoms with Crippen LogP contribution >= 0.6 is 15.9 Å². The highest BCUT2D eigenvalue weighted by Crippen LogP contribution is 2.65. The topological polar surface area (TPSA) is 23.6 Å². The van der Waals surface area contributed by atoms with Gasteiger partial charge in [0.05, 0.1) is 0 Å². The van der Waals surface area contributed by atoms with Crippen molar-refractivity contribution < 1.29 is 4.79 Å². The minimum absolute atomic E-state index is 0.310. The second-order valence-electron chi connectivity index (χ2n) is 9.33. The highest BCUT2D eigenvalue weighted by atomic mass is 79.9. The van der Waals surface area contributed by atoms with E-state index in [4.69, 9.17) is 0 Å². The molecular formula is C19H31BrN2O. The number of amides is 1. The molecule has 2 atom stereocenters. The zero-order chi connectivity index (χ0) is 16.2. The number of carbonyl (C=O) groups is 1. The Kier molecular flexibility index (Phi) is 4.08. The van der Waals surface area contributed by atoms with Crippen LogP contribution in [0.5, 0.6) is 0 Å². The summed E-state index contributed by atoms with van der Waals surface area (Å²) >= 11 is 4.07. The lowest BCUT2D eigenvalue weighted by atomic mass is 9.48. The Hall–Kier alpha value is -0.0900. The van der Waals surface area contributed by atoms with Crippen LogP contribution in [-0.4, -0.2) is 53.3 Å². The van der Waals surface area contributed by atoms with Crippen molar-refractivity contribution in [2.24, 2.45) is 17.3 Å². The minimum Gasteiger partial charge on any atom is -0.343 e. The number of alkyl halides is 1. The molecule has 5 rings (SSSR count). The quantitative estimate of drug-likeness (QED) is 0.695. The SMILES string of the molecule is CN1CCC(N(C)C(=O)CC23CC4CC(CC(Br)(C4)C2)C3)CC1. The lowest BCUT2D eigenvalue weighted by molar-refractivity contribution is -0.140. The van der Waals surface area contributed by atoms with E-state index in [0.717, 1.165) is 44.2 Å². The summed E-state index contributed by atoms with van der Waals surface area (Å²) in [6.07, 6.45) is 11.1. The molecule has 23 heavy (non-hydrogen) atoms. The summed E-state index contributed by atoms with van der Waals surface area (Å²) in [5.74, 6) is 2.16. The van der Waals surface area contributed by atoms with Gasteiger partial charge in [-0.25, -0.2) is 0 Å². The van der Waals surface area contributed by atoms with Crippen LogP contribution in [0.15, 0.2) is 0 Å². The third kappa shape index (κ3) is 3.10. The number of piperidine rings is 1. The highest BCUT2D eigenvalue weighted by Gasteiger charge is 2.57. The number of halogens is 1. The number of hydrogen-bond acceptors (Lipinski definition) is 2. The fourth-order valence-corrected chi connectivity index (χ4v) is 8.08. The maximum absolute atomic E-state index is 13.0. The van der Waals surface area contributed by atoms with Gasteiger partial charge in [0.2, 0.25) is 5.91 Å². The summed E-state index contributed by atoms with van der Waals surface area (Å²) in [4.78, 5) is 17.5. The summed E-state index contributed by atoms with van der Waals surface area (Å²) in [7, 11) is 4.24. The lowest BCUT2D eigenvalue weighted by Gasteiger charge is -2.60. The molecule has 3 nitrogen and oxygen atoms in total. The number of nitrogens with zero attached hydrogens (tertiary/aromatic N) is 2. The molecule has 0 N–H and O–H groups in total. The first-order valence-corrected chi connectivity index (χ1v) is 10.3. The molecule has 5 fully saturated rings. The number of rotatable bonds is 3. The van der Waals surface area contributed by atoms with Crippen molar-refractivity contribution in [3.05, 3.63) is 0 Å². The van der Waals surface area contributed by atoms with Crippen molar-refractivity contribution in [3.8, 4) is 0 Å². The minimum atomic E-state index is 0.310. The predicted molar refractivity (Wildman–Crippen MR) is 96.7 cm³/mol. The van der Waals surface area contributed by atoms with Crippen LogP contribution in [0, 0.1) is 17.3 Å². The maximum Gasteiger partial charge on any atom is 0.223 e. The standard InChI is InChI=1S/C19H31BrN2O/c1-21-5-3-16(4-6-21)22(2)17(23)12-18-8-14-7-15(9-18)11-19(20,10-14)13-18/h14-16H,3-13H2,1-2H3. The molecule has 0 aromatic heterocycles. The van der Waals surface area contributed by atoms with Gasteiger partial charge in [-0.2, -0.15) is 0 Å². The zero-order valence-corrected chi connectivity index (χ0v) is 16.3. The molecule has 4 saturated carbocycles. The highest BCUT2D eigenvalue weighted by molar-refractivity contribution is 9.10. The average Bonchev–Trinajstić information content (AvgIpc) is 2.44. The van der Waals surface area contributed by atoms with Crippen LogP contribution < -0.4 is 0 Å². The van der Waals surface area contributed by atoms with Crippen molar-refractivity contribution in [2.45, 2.75) is 68.2 Å². The Balaban J connectivity index is 1.42. The summed E-state index contributed by atoms with van der Waals surface area (Å²) < 4.78 is 0.365. The average molecular weight is 383 g/mol. The van der Waals surface area contributed by atoms with Crippen LogP contribution in [0.3, 0.4) is 0 Å². The van der Waals surface area contributed by atoms with E-state index in [0.29, 0.717) is 21.7 Å². The molecule has 4 heteroatoms. The largest absolute Gasteiger partial charge is 0.343 e. The van der Waals surface area contributed by atoms with Gasteiger partial charge in [-0.15, -0.1) is 0 Å². The van der Waals surface area contributed by atoms with Crippen LogP contribution in [0.4, 0.5) is 0 Å². The zero-order valence-electron chi connectivity index (χ0n) is 14.7. The van der Waals surface area contributed by atoms with Gasteiger partial charge in [0.1, 0.15) is 0 Å². The van der Waals surface area contributed by atoms with E-state index in [1.54, 1.807) is 0 Å². The first-order chi connectivity index (χ1) is 10.9. The lowest BCUT2D eigenvalue weighted by Crippen LogP contribution is -2.54. The second-order valence-corrected chi connectivity index (χ2v) is 11.0. The molecule has 130 valence electrons. The van der Waals surface area contributed by atoms with Gasteiger partial charge in [-0.1, -0.05) is 15.9 Å². The van der Waals surface area contributed by atoms with Gasteiger partial charge >= 0.3 is 0 Å². The third-order valence-electron chi connectivity index (χ3n) is 7.27. The molecule has 0 radical (unpaired) electrons. The van der Waals surface area contributed by atoms with Gasteiger partial charge < -0.3 is 9.80 Å². The van der Waals surface area contributed by atoms with Crippen molar-refractivity contribution in [2.75, 3.05) is 27.2 Å². The number of hydrogen-bond donors (Lipinski definition) is 0. The number of carbonyl (C=O) groups excluding carboxylic acids is 1. The molecule has 0 aromatic carbocycles. The molecule has 1 amide bonds. The third-order valence-corrected chi connectivity index (χ3v) is 8.19. The Labute approximate surface area is 149 Å². The van der Waals surface area contributed by atoms with Crippen LogP contribution in [0.2, 0.25) is 0 Å². The van der Waals surface area contributed by atoms with E-state index >= 15 is 0 Å². The van der Waals surface area contributed by atoms with Gasteiger partial charge in [0, 0.05) is 23.8 Å². The summed E-state index contributed by atoms with van der Waals surface area (Å²) in [5.41, 5.74) is 0.310. The summed E-state index contributed by atoms with van der Waals surface area (Å²) in [6, 6.07) is 0.463. The molecule has 1 aliphatic heterocycles. The Morgan fingerprint density at radius 1 is 1.17 bits per heavy atom. The van der Waals surface area contributed by atoms with Gasteiger partial charge in [-0.05, 0) is 88.8 Å². The van der Waals surface area contributed by atoms with Crippen LogP contribution in [-0.2, 0) is 4.79 Å². The number of likely N-dealkylation sites (tertiary alicyclic amines) is 1. The van der Waals surface area contributed by atoms with E-state index in [9.17, 15) is 4.79 Å². The monoisotopic (exact) mass is 382 g/mol. The van der Waals surface area contributed by atoms with Crippen molar-refractivity contribution in [1.82, 2.24) is 9.80 Å². The van der Waals surface area contributed by atoms with Gasteiger partial charge in [0.15, 0.2) is 0 Å². The van der Waals surface area contributed by atoms with E-state index < -0.39 is 0 Å². The molecule has 1 heterocycles. The van der Waals surface area contributed by atoms with Gasteiger partial charge in [0.25, 0.3) is 0 Å². The van der Waals surface area contributed by atoms with Crippen LogP contribution in [0.25, 0.3) is 0 Å². The normalized spacial score (nSPS) is 43.8. The van der Waals surface area contributed by atoms with Gasteiger partial charge in [-0.3, -0.25) is 4.79 Å². The van der Waals surface area contributed by atoms with E-state index in [1.807, 2.05) is 0 Å². The Morgan fingerprint density at radius 2 is 1.78 bits per heavy atom. The van der Waals surface area contributed by atoms with Crippen molar-refractivity contribution in [3.63, 3.8) is 0 Å². The summed E-state index contributed by atoms with van der Waals surface area (Å²) in [5, 5.41) is 0. The first-order valence-electron chi connectivity index (χ1n) is 9.50. The summed E-state index contributed by atoms with van der Waals surface area (Å²) in [6.45, 7) is 2.25. The first kappa shape index (κ1) is 16.4. The fourth-order valence-electron chi connectivity index (χ4n) is 6.57. The molecular weight excluding hydrogens is 352 g/mol. The molecule has 0 aromatic rings. The molecule has 4 aliphatic carbocycles. The Morgan fingerprint density at radius 3 is 2.35 bits per heavy atom. The fraction of sp³-hybridized carbons (Fsp3) is 0.947. The maximum atomic E-state index is 13.0. The van der Waals surface area contributed by atoms with Crippen LogP contribution in [0.1, 0.15) is 57.8 Å². The van der Waals surface area contributed by atoms with Crippen molar-refractivity contribution in [1.29, 1.82) is 0 Å². The molecule has 2 unspecified atom stereocenters. The van der Waals surface area contributed by atoms with E-state index in [-0.39, 0.29) is 0 Å².